The molecule has 0 unspecified atom stereocenters. The lowest BCUT2D eigenvalue weighted by Gasteiger charge is -2.19. The van der Waals surface area contributed by atoms with Gasteiger partial charge in [-0.2, -0.15) is 0 Å². The van der Waals surface area contributed by atoms with Crippen LogP contribution in [0, 0.1) is 11.8 Å². The minimum atomic E-state index is -0.110. The Hall–Kier alpha value is -0.910. The highest BCUT2D eigenvalue weighted by molar-refractivity contribution is 7.14. The molecule has 0 spiro atoms. The molecule has 0 bridgehead atoms. The van der Waals surface area contributed by atoms with Crippen LogP contribution in [0.25, 0.3) is 0 Å². The zero-order chi connectivity index (χ0) is 14.7. The van der Waals surface area contributed by atoms with Crippen molar-refractivity contribution in [2.24, 2.45) is 11.8 Å². The number of carbonyl (C=O) groups excluding carboxylic acids is 1. The minimum Gasteiger partial charge on any atom is -0.381 e. The Morgan fingerprint density at radius 1 is 1.48 bits per heavy atom. The Bertz CT molecular complexity index is 494. The smallest absolute Gasteiger partial charge is 0.284 e. The first-order valence-electron chi connectivity index (χ1n) is 7.87. The van der Waals surface area contributed by atoms with Crippen molar-refractivity contribution in [2.45, 2.75) is 39.0 Å². The molecule has 5 heteroatoms. The number of ether oxygens (including phenoxy) is 1. The lowest BCUT2D eigenvalue weighted by atomic mass is 9.87. The number of fused-ring (bicyclic) bond motifs is 1. The van der Waals surface area contributed by atoms with Crippen molar-refractivity contribution in [1.29, 1.82) is 0 Å². The number of amides is 1. The molecule has 1 aromatic rings. The molecule has 1 saturated heterocycles. The topological polar surface area (TPSA) is 47.6 Å². The first kappa shape index (κ1) is 15.0. The van der Waals surface area contributed by atoms with Crippen LogP contribution in [0.1, 0.15) is 46.3 Å². The molecule has 1 aliphatic carbocycles. The molecule has 1 fully saturated rings. The van der Waals surface area contributed by atoms with E-state index in [4.69, 9.17) is 9.57 Å². The van der Waals surface area contributed by atoms with E-state index in [1.165, 1.54) is 23.3 Å². The van der Waals surface area contributed by atoms with Gasteiger partial charge >= 0.3 is 0 Å². The fraction of sp³-hybridized carbons (Fsp3) is 0.688. The summed E-state index contributed by atoms with van der Waals surface area (Å²) in [4.78, 5) is 19.6. The van der Waals surface area contributed by atoms with Gasteiger partial charge < -0.3 is 4.74 Å². The summed E-state index contributed by atoms with van der Waals surface area (Å²) in [6, 6.07) is 2.05. The van der Waals surface area contributed by atoms with Crippen LogP contribution in [0.15, 0.2) is 6.07 Å². The SMILES string of the molecule is CC[C@@H]1CCc2sc(C(=O)NOC[C@H]3CCOC3)cc2C1. The van der Waals surface area contributed by atoms with Crippen LogP contribution in [0.3, 0.4) is 0 Å². The molecule has 2 aliphatic rings. The molecular weight excluding hydrogens is 286 g/mol. The maximum Gasteiger partial charge on any atom is 0.284 e. The van der Waals surface area contributed by atoms with Crippen molar-refractivity contribution < 1.29 is 14.4 Å². The number of hydrogen-bond donors (Lipinski definition) is 1. The summed E-state index contributed by atoms with van der Waals surface area (Å²) in [7, 11) is 0. The summed E-state index contributed by atoms with van der Waals surface area (Å²) >= 11 is 1.62. The predicted octanol–water partition coefficient (Wildman–Crippen LogP) is 2.96. The molecule has 116 valence electrons. The quantitative estimate of drug-likeness (QED) is 0.851. The van der Waals surface area contributed by atoms with Gasteiger partial charge in [0.05, 0.1) is 18.1 Å². The van der Waals surface area contributed by atoms with Gasteiger partial charge in [-0.05, 0) is 43.2 Å². The molecule has 3 rings (SSSR count). The van der Waals surface area contributed by atoms with Crippen LogP contribution >= 0.6 is 11.3 Å². The summed E-state index contributed by atoms with van der Waals surface area (Å²) < 4.78 is 5.28. The van der Waals surface area contributed by atoms with Gasteiger partial charge in [0.1, 0.15) is 0 Å². The van der Waals surface area contributed by atoms with Crippen LogP contribution in [-0.4, -0.2) is 25.7 Å². The van der Waals surface area contributed by atoms with E-state index >= 15 is 0 Å². The number of hydrogen-bond acceptors (Lipinski definition) is 4. The predicted molar refractivity (Wildman–Crippen MR) is 82.5 cm³/mol. The molecule has 4 nitrogen and oxygen atoms in total. The standard InChI is InChI=1S/C16H23NO3S/c1-2-11-3-4-14-13(7-11)8-15(21-14)16(18)17-20-10-12-5-6-19-9-12/h8,11-12H,2-7,9-10H2,1H3,(H,17,18)/t11-,12+/m1/s1. The maximum atomic E-state index is 12.1. The second kappa shape index (κ2) is 6.90. The summed E-state index contributed by atoms with van der Waals surface area (Å²) in [5.74, 6) is 1.08. The second-order valence-corrected chi connectivity index (χ2v) is 7.18. The Labute approximate surface area is 129 Å². The third-order valence-electron chi connectivity index (χ3n) is 4.49. The highest BCUT2D eigenvalue weighted by Gasteiger charge is 2.22. The zero-order valence-electron chi connectivity index (χ0n) is 12.5. The van der Waals surface area contributed by atoms with E-state index in [0.29, 0.717) is 12.5 Å². The van der Waals surface area contributed by atoms with Gasteiger partial charge in [0.25, 0.3) is 5.91 Å². The number of hydroxylamine groups is 1. The fourth-order valence-corrected chi connectivity index (χ4v) is 4.14. The molecule has 2 heterocycles. The van der Waals surface area contributed by atoms with E-state index in [2.05, 4.69) is 18.5 Å². The van der Waals surface area contributed by atoms with Crippen molar-refractivity contribution in [3.8, 4) is 0 Å². The van der Waals surface area contributed by atoms with Gasteiger partial charge in [-0.3, -0.25) is 9.63 Å². The summed E-state index contributed by atoms with van der Waals surface area (Å²) in [6.45, 7) is 4.32. The van der Waals surface area contributed by atoms with Crippen LogP contribution in [0.4, 0.5) is 0 Å². The van der Waals surface area contributed by atoms with E-state index in [0.717, 1.165) is 43.3 Å². The lowest BCUT2D eigenvalue weighted by Crippen LogP contribution is -2.26. The van der Waals surface area contributed by atoms with E-state index < -0.39 is 0 Å². The van der Waals surface area contributed by atoms with Crippen LogP contribution in [0.5, 0.6) is 0 Å². The van der Waals surface area contributed by atoms with Crippen molar-refractivity contribution in [2.75, 3.05) is 19.8 Å². The van der Waals surface area contributed by atoms with E-state index in [1.54, 1.807) is 11.3 Å². The van der Waals surface area contributed by atoms with Crippen LogP contribution in [-0.2, 0) is 22.4 Å². The monoisotopic (exact) mass is 309 g/mol. The average Bonchev–Trinajstić information content (AvgIpc) is 3.15. The third kappa shape index (κ3) is 3.65. The molecule has 21 heavy (non-hydrogen) atoms. The van der Waals surface area contributed by atoms with Gasteiger partial charge in [-0.1, -0.05) is 13.3 Å². The molecule has 1 aliphatic heterocycles. The Morgan fingerprint density at radius 2 is 2.38 bits per heavy atom. The first-order chi connectivity index (χ1) is 10.3. The summed E-state index contributed by atoms with van der Waals surface area (Å²) in [6.07, 6.45) is 5.73. The van der Waals surface area contributed by atoms with Gasteiger partial charge in [0.2, 0.25) is 0 Å². The molecule has 1 aromatic heterocycles. The maximum absolute atomic E-state index is 12.1. The van der Waals surface area contributed by atoms with Gasteiger partial charge in [0, 0.05) is 17.4 Å². The number of thiophene rings is 1. The van der Waals surface area contributed by atoms with Crippen molar-refractivity contribution in [3.63, 3.8) is 0 Å². The van der Waals surface area contributed by atoms with Crippen LogP contribution in [0.2, 0.25) is 0 Å². The van der Waals surface area contributed by atoms with Gasteiger partial charge in [0.15, 0.2) is 0 Å². The highest BCUT2D eigenvalue weighted by Crippen LogP contribution is 2.33. The summed E-state index contributed by atoms with van der Waals surface area (Å²) in [5, 5.41) is 0. The zero-order valence-corrected chi connectivity index (χ0v) is 13.3. The molecular formula is C16H23NO3S. The van der Waals surface area contributed by atoms with E-state index in [9.17, 15) is 4.79 Å². The number of carbonyl (C=O) groups is 1. The highest BCUT2D eigenvalue weighted by atomic mass is 32.1. The lowest BCUT2D eigenvalue weighted by molar-refractivity contribution is 0.0148. The van der Waals surface area contributed by atoms with Gasteiger partial charge in [-0.25, -0.2) is 5.48 Å². The van der Waals surface area contributed by atoms with Gasteiger partial charge in [-0.15, -0.1) is 11.3 Å². The molecule has 2 atom stereocenters. The molecule has 1 N–H and O–H groups in total. The van der Waals surface area contributed by atoms with E-state index in [-0.39, 0.29) is 5.91 Å². The van der Waals surface area contributed by atoms with Crippen LogP contribution < -0.4 is 5.48 Å². The van der Waals surface area contributed by atoms with Crippen molar-refractivity contribution in [3.05, 3.63) is 21.4 Å². The first-order valence-corrected chi connectivity index (χ1v) is 8.69. The summed E-state index contributed by atoms with van der Waals surface area (Å²) in [5.41, 5.74) is 3.94. The van der Waals surface area contributed by atoms with Crippen molar-refractivity contribution in [1.82, 2.24) is 5.48 Å². The Morgan fingerprint density at radius 3 is 3.14 bits per heavy atom. The number of nitrogens with one attached hydrogen (secondary N) is 1. The second-order valence-electron chi connectivity index (χ2n) is 6.05. The Kier molecular flexibility index (Phi) is 4.93. The largest absolute Gasteiger partial charge is 0.381 e. The number of rotatable bonds is 5. The minimum absolute atomic E-state index is 0.110. The fourth-order valence-electron chi connectivity index (χ4n) is 3.05. The third-order valence-corrected chi connectivity index (χ3v) is 5.73. The average molecular weight is 309 g/mol. The molecule has 0 aromatic carbocycles. The Balaban J connectivity index is 1.52. The van der Waals surface area contributed by atoms with Crippen molar-refractivity contribution >= 4 is 17.2 Å². The normalized spacial score (nSPS) is 24.8. The molecule has 0 saturated carbocycles. The molecule has 1 amide bonds. The number of aryl methyl sites for hydroxylation is 1. The molecule has 0 radical (unpaired) electrons. The van der Waals surface area contributed by atoms with E-state index in [1.807, 2.05) is 0 Å².